The van der Waals surface area contributed by atoms with Crippen molar-refractivity contribution in [1.82, 2.24) is 4.90 Å². The average Bonchev–Trinajstić information content (AvgIpc) is 3.14. The molecule has 4 atom stereocenters. The van der Waals surface area contributed by atoms with Crippen molar-refractivity contribution in [2.24, 2.45) is 11.7 Å². The molecule has 3 heterocycles. The van der Waals surface area contributed by atoms with Crippen LogP contribution in [0.1, 0.15) is 37.7 Å². The minimum Gasteiger partial charge on any atom is -0.486 e. The summed E-state index contributed by atoms with van der Waals surface area (Å²) >= 11 is 0. The Morgan fingerprint density at radius 3 is 2.39 bits per heavy atom. The molecule has 3 aliphatic heterocycles. The van der Waals surface area contributed by atoms with E-state index in [1.165, 1.54) is 0 Å². The van der Waals surface area contributed by atoms with E-state index in [0.717, 1.165) is 18.9 Å². The predicted molar refractivity (Wildman–Crippen MR) is 129 cm³/mol. The van der Waals surface area contributed by atoms with E-state index in [9.17, 15) is 22.2 Å². The van der Waals surface area contributed by atoms with Gasteiger partial charge in [-0.1, -0.05) is 0 Å². The monoisotopic (exact) mass is 523 g/mol. The van der Waals surface area contributed by atoms with Gasteiger partial charge in [0, 0.05) is 30.3 Å². The van der Waals surface area contributed by atoms with Gasteiger partial charge < -0.3 is 20.1 Å². The Kier molecular flexibility index (Phi) is 7.25. The topological polar surface area (TPSA) is 81.9 Å². The fraction of sp³-hybridized carbons (Fsp3) is 0.500. The molecule has 2 saturated heterocycles. The number of thiol groups is 1. The molecule has 0 saturated carbocycles. The van der Waals surface area contributed by atoms with Crippen LogP contribution in [0.3, 0.4) is 0 Å². The smallest absolute Gasteiger partial charge is 0.227 e. The largest absolute Gasteiger partial charge is 0.486 e. The summed E-state index contributed by atoms with van der Waals surface area (Å²) in [6.45, 7) is 0.933. The van der Waals surface area contributed by atoms with Gasteiger partial charge in [-0.05, 0) is 61.8 Å². The van der Waals surface area contributed by atoms with Crippen molar-refractivity contribution in [3.05, 3.63) is 53.3 Å². The highest BCUT2D eigenvalue weighted by atomic mass is 32.2. The van der Waals surface area contributed by atoms with Crippen molar-refractivity contribution in [3.63, 3.8) is 0 Å². The van der Waals surface area contributed by atoms with Crippen LogP contribution in [0.5, 0.6) is 11.5 Å². The second-order valence-corrected chi connectivity index (χ2v) is 11.5. The summed E-state index contributed by atoms with van der Waals surface area (Å²) in [5.41, 5.74) is 6.44. The maximum Gasteiger partial charge on any atom is 0.227 e. The molecule has 0 spiro atoms. The second-order valence-electron chi connectivity index (χ2n) is 9.82. The number of nitrogens with zero attached hydrogens (tertiary/aromatic N) is 1. The summed E-state index contributed by atoms with van der Waals surface area (Å²) < 4.78 is 64.8. The van der Waals surface area contributed by atoms with E-state index in [1.54, 1.807) is 18.2 Å². The van der Waals surface area contributed by atoms with E-state index in [0.29, 0.717) is 48.5 Å². The third-order valence-electron chi connectivity index (χ3n) is 7.55. The molecule has 2 bridgehead atoms. The molecular weight excluding hydrogens is 493 g/mol. The lowest BCUT2D eigenvalue weighted by molar-refractivity contribution is -0.136. The lowest BCUT2D eigenvalue weighted by Crippen LogP contribution is -2.50. The van der Waals surface area contributed by atoms with Crippen molar-refractivity contribution in [2.45, 2.75) is 61.5 Å². The van der Waals surface area contributed by atoms with E-state index >= 15 is 0 Å². The Morgan fingerprint density at radius 2 is 1.67 bits per heavy atom. The van der Waals surface area contributed by atoms with Crippen molar-refractivity contribution < 1.29 is 31.6 Å². The molecular formula is C26H30F3N2O4S+. The maximum absolute atomic E-state index is 14.1. The highest BCUT2D eigenvalue weighted by molar-refractivity contribution is 7.85. The lowest BCUT2D eigenvalue weighted by Gasteiger charge is -2.41. The first-order chi connectivity index (χ1) is 17.3. The summed E-state index contributed by atoms with van der Waals surface area (Å²) in [7, 11) is -1.75. The summed E-state index contributed by atoms with van der Waals surface area (Å²) in [5, 5.41) is 0. The molecule has 2 fully saturated rings. The maximum atomic E-state index is 14.1. The summed E-state index contributed by atoms with van der Waals surface area (Å²) in [5.74, 6) is -1.61. The number of halogens is 3. The van der Waals surface area contributed by atoms with Crippen LogP contribution in [0.25, 0.3) is 0 Å². The van der Waals surface area contributed by atoms with Gasteiger partial charge in [-0.25, -0.2) is 13.2 Å². The van der Waals surface area contributed by atoms with E-state index in [4.69, 9.17) is 15.2 Å². The van der Waals surface area contributed by atoms with Gasteiger partial charge in [0.25, 0.3) is 0 Å². The zero-order valence-corrected chi connectivity index (χ0v) is 20.7. The van der Waals surface area contributed by atoms with Gasteiger partial charge in [0.05, 0.1) is 6.42 Å². The molecule has 0 radical (unpaired) electrons. The van der Waals surface area contributed by atoms with Crippen molar-refractivity contribution >= 4 is 16.7 Å². The van der Waals surface area contributed by atoms with E-state index in [2.05, 4.69) is 0 Å². The van der Waals surface area contributed by atoms with Crippen LogP contribution in [0.4, 0.5) is 13.2 Å². The van der Waals surface area contributed by atoms with Crippen LogP contribution in [-0.2, 0) is 26.2 Å². The number of hydrogen-bond donors (Lipinski definition) is 1. The molecule has 2 N–H and O–H groups in total. The summed E-state index contributed by atoms with van der Waals surface area (Å²) in [4.78, 5) is 15.7. The SMILES string of the molecule is NC(Cc1cc(F)c(F)cc1F)C1CC2CCC(C1)N2C(=O)CC[SH+](=O)c1ccc2c(c1)OCCO2. The molecule has 194 valence electrons. The molecule has 1 amide bonds. The third kappa shape index (κ3) is 5.11. The Balaban J connectivity index is 1.16. The Bertz CT molecular complexity index is 1170. The first kappa shape index (κ1) is 25.1. The van der Waals surface area contributed by atoms with Crippen LogP contribution in [0, 0.1) is 23.4 Å². The van der Waals surface area contributed by atoms with Gasteiger partial charge >= 0.3 is 0 Å². The first-order valence-corrected chi connectivity index (χ1v) is 13.8. The molecule has 4 unspecified atom stereocenters. The highest BCUT2D eigenvalue weighted by Crippen LogP contribution is 2.40. The van der Waals surface area contributed by atoms with E-state index < -0.39 is 34.3 Å². The molecule has 2 aromatic rings. The van der Waals surface area contributed by atoms with Crippen molar-refractivity contribution in [2.75, 3.05) is 19.0 Å². The number of carbonyl (C=O) groups excluding carboxylic acids is 1. The number of rotatable bonds is 7. The van der Waals surface area contributed by atoms with Gasteiger partial charge in [0.2, 0.25) is 5.91 Å². The number of fused-ring (bicyclic) bond motifs is 3. The Labute approximate surface area is 210 Å². The van der Waals surface area contributed by atoms with Gasteiger partial charge in [-0.15, -0.1) is 4.21 Å². The van der Waals surface area contributed by atoms with Crippen molar-refractivity contribution in [3.8, 4) is 11.5 Å². The zero-order valence-electron chi connectivity index (χ0n) is 19.8. The van der Waals surface area contributed by atoms with Crippen molar-refractivity contribution in [1.29, 1.82) is 0 Å². The third-order valence-corrected chi connectivity index (χ3v) is 9.03. The molecule has 0 aromatic heterocycles. The van der Waals surface area contributed by atoms with Crippen LogP contribution in [0.2, 0.25) is 0 Å². The quantitative estimate of drug-likeness (QED) is 0.340. The summed E-state index contributed by atoms with van der Waals surface area (Å²) in [6.07, 6.45) is 3.40. The van der Waals surface area contributed by atoms with E-state index in [1.807, 2.05) is 4.90 Å². The average molecular weight is 524 g/mol. The van der Waals surface area contributed by atoms with Crippen LogP contribution in [0.15, 0.2) is 35.2 Å². The normalized spacial score (nSPS) is 24.4. The number of ether oxygens (including phenoxy) is 2. The molecule has 6 nitrogen and oxygen atoms in total. The highest BCUT2D eigenvalue weighted by Gasteiger charge is 2.44. The lowest BCUT2D eigenvalue weighted by atomic mass is 9.82. The number of amides is 1. The fourth-order valence-electron chi connectivity index (χ4n) is 5.76. The zero-order chi connectivity index (χ0) is 25.4. The van der Waals surface area contributed by atoms with Gasteiger partial charge in [-0.2, -0.15) is 0 Å². The fourth-order valence-corrected chi connectivity index (χ4v) is 6.91. The summed E-state index contributed by atoms with van der Waals surface area (Å²) in [6, 6.07) is 6.31. The number of piperidine rings is 1. The van der Waals surface area contributed by atoms with Gasteiger partial charge in [0.1, 0.15) is 35.6 Å². The Morgan fingerprint density at radius 1 is 1.00 bits per heavy atom. The molecule has 3 aliphatic rings. The van der Waals surface area contributed by atoms with Crippen LogP contribution >= 0.6 is 0 Å². The standard InChI is InChI=1S/C26H29F3N2O4S/c27-20-14-22(29)21(28)11-15(20)12-23(30)16-9-17-1-2-18(10-16)31(17)26(32)5-8-36(33)19-3-4-24-25(13-19)35-7-6-34-24/h3-4,11,13-14,16-18,23H,1-2,5-10,12,30H2/p+1. The number of nitrogens with two attached hydrogens (primary N) is 1. The number of carbonyl (C=O) groups is 1. The predicted octanol–water partition coefficient (Wildman–Crippen LogP) is 3.66. The Hall–Kier alpha value is -2.59. The molecule has 36 heavy (non-hydrogen) atoms. The van der Waals surface area contributed by atoms with E-state index in [-0.39, 0.29) is 48.1 Å². The van der Waals surface area contributed by atoms with Crippen LogP contribution in [-0.4, -0.2) is 47.9 Å². The minimum atomic E-state index is -1.75. The van der Waals surface area contributed by atoms with Gasteiger partial charge in [0.15, 0.2) is 28.0 Å². The molecule has 2 aromatic carbocycles. The first-order valence-electron chi connectivity index (χ1n) is 12.3. The molecule has 0 aliphatic carbocycles. The molecule has 5 rings (SSSR count). The van der Waals surface area contributed by atoms with Crippen LogP contribution < -0.4 is 15.2 Å². The number of hydrogen-bond acceptors (Lipinski definition) is 5. The molecule has 10 heteroatoms. The van der Waals surface area contributed by atoms with Gasteiger partial charge in [-0.3, -0.25) is 4.79 Å². The minimum absolute atomic E-state index is 0.0120. The second kappa shape index (κ2) is 10.4. The number of benzene rings is 2.